The number of hydrogen-bond donors (Lipinski definition) is 1. The SMILES string of the molecule is COc1ccc([C@@H]2[C@@H](C(=O)O)C(c3ccc4c(c3)OCO4)CN2CC(=O)N2CCCC2)cc1. The number of likely N-dealkylation sites (tertiary alicyclic amines) is 2. The molecule has 5 rings (SSSR count). The number of aliphatic carboxylic acids is 1. The molecule has 0 spiro atoms. The van der Waals surface area contributed by atoms with Gasteiger partial charge in [-0.25, -0.2) is 0 Å². The first-order valence-electron chi connectivity index (χ1n) is 11.3. The number of fused-ring (bicyclic) bond motifs is 1. The minimum Gasteiger partial charge on any atom is -0.497 e. The number of nitrogens with zero attached hydrogens (tertiary/aromatic N) is 2. The summed E-state index contributed by atoms with van der Waals surface area (Å²) in [6.45, 7) is 2.37. The van der Waals surface area contributed by atoms with E-state index in [9.17, 15) is 14.7 Å². The van der Waals surface area contributed by atoms with Gasteiger partial charge in [-0.2, -0.15) is 0 Å². The van der Waals surface area contributed by atoms with Crippen LogP contribution in [0.4, 0.5) is 0 Å². The van der Waals surface area contributed by atoms with Crippen molar-refractivity contribution in [2.45, 2.75) is 24.8 Å². The van der Waals surface area contributed by atoms with Crippen molar-refractivity contribution in [2.24, 2.45) is 5.92 Å². The highest BCUT2D eigenvalue weighted by Crippen LogP contribution is 2.47. The first-order chi connectivity index (χ1) is 16.0. The van der Waals surface area contributed by atoms with Crippen molar-refractivity contribution in [1.29, 1.82) is 0 Å². The summed E-state index contributed by atoms with van der Waals surface area (Å²) >= 11 is 0. The topological polar surface area (TPSA) is 88.5 Å². The van der Waals surface area contributed by atoms with Crippen molar-refractivity contribution in [3.8, 4) is 17.2 Å². The summed E-state index contributed by atoms with van der Waals surface area (Å²) in [5.41, 5.74) is 1.74. The number of carboxylic acid groups (broad SMARTS) is 1. The number of carbonyl (C=O) groups excluding carboxylic acids is 1. The lowest BCUT2D eigenvalue weighted by Crippen LogP contribution is -2.39. The molecule has 0 radical (unpaired) electrons. The summed E-state index contributed by atoms with van der Waals surface area (Å²) in [5, 5.41) is 10.3. The number of rotatable bonds is 6. The molecule has 33 heavy (non-hydrogen) atoms. The predicted molar refractivity (Wildman–Crippen MR) is 120 cm³/mol. The van der Waals surface area contributed by atoms with Gasteiger partial charge >= 0.3 is 5.97 Å². The average molecular weight is 453 g/mol. The molecule has 8 heteroatoms. The second-order valence-corrected chi connectivity index (χ2v) is 8.82. The van der Waals surface area contributed by atoms with Crippen molar-refractivity contribution in [2.75, 3.05) is 40.1 Å². The third kappa shape index (κ3) is 4.11. The van der Waals surface area contributed by atoms with Crippen LogP contribution in [0.3, 0.4) is 0 Å². The van der Waals surface area contributed by atoms with Crippen molar-refractivity contribution < 1.29 is 28.9 Å². The second-order valence-electron chi connectivity index (χ2n) is 8.82. The third-order valence-electron chi connectivity index (χ3n) is 6.96. The van der Waals surface area contributed by atoms with E-state index in [0.29, 0.717) is 23.8 Å². The first-order valence-corrected chi connectivity index (χ1v) is 11.3. The van der Waals surface area contributed by atoms with Gasteiger partial charge in [0.25, 0.3) is 0 Å². The summed E-state index contributed by atoms with van der Waals surface area (Å²) in [4.78, 5) is 29.6. The molecular weight excluding hydrogens is 424 g/mol. The lowest BCUT2D eigenvalue weighted by Gasteiger charge is -2.28. The molecule has 8 nitrogen and oxygen atoms in total. The van der Waals surface area contributed by atoms with Crippen molar-refractivity contribution in [3.05, 3.63) is 53.6 Å². The van der Waals surface area contributed by atoms with Crippen LogP contribution >= 0.6 is 0 Å². The van der Waals surface area contributed by atoms with E-state index < -0.39 is 17.9 Å². The smallest absolute Gasteiger partial charge is 0.309 e. The first kappa shape index (κ1) is 21.6. The van der Waals surface area contributed by atoms with Crippen molar-refractivity contribution in [3.63, 3.8) is 0 Å². The van der Waals surface area contributed by atoms with Crippen LogP contribution in [0.15, 0.2) is 42.5 Å². The Morgan fingerprint density at radius 3 is 2.42 bits per heavy atom. The average Bonchev–Trinajstić information content (AvgIpc) is 3.58. The minimum atomic E-state index is -0.880. The van der Waals surface area contributed by atoms with Gasteiger partial charge in [0, 0.05) is 31.6 Å². The number of carboxylic acids is 1. The Kier molecular flexibility index (Phi) is 5.85. The van der Waals surface area contributed by atoms with Crippen LogP contribution in [0.5, 0.6) is 17.2 Å². The summed E-state index contributed by atoms with van der Waals surface area (Å²) in [7, 11) is 1.60. The van der Waals surface area contributed by atoms with E-state index in [4.69, 9.17) is 14.2 Å². The number of ether oxygens (including phenoxy) is 3. The fourth-order valence-electron chi connectivity index (χ4n) is 5.31. The zero-order valence-corrected chi connectivity index (χ0v) is 18.6. The van der Waals surface area contributed by atoms with Crippen molar-refractivity contribution in [1.82, 2.24) is 9.80 Å². The van der Waals surface area contributed by atoms with E-state index in [1.165, 1.54) is 0 Å². The van der Waals surface area contributed by atoms with E-state index in [0.717, 1.165) is 37.1 Å². The van der Waals surface area contributed by atoms with E-state index in [1.807, 2.05) is 52.3 Å². The molecule has 1 unspecified atom stereocenters. The lowest BCUT2D eigenvalue weighted by atomic mass is 9.82. The molecule has 0 saturated carbocycles. The fraction of sp³-hybridized carbons (Fsp3) is 0.440. The molecular formula is C25H28N2O6. The Morgan fingerprint density at radius 2 is 1.73 bits per heavy atom. The molecule has 0 bridgehead atoms. The zero-order chi connectivity index (χ0) is 22.9. The molecule has 3 aliphatic heterocycles. The van der Waals surface area contributed by atoms with Crippen LogP contribution < -0.4 is 14.2 Å². The summed E-state index contributed by atoms with van der Waals surface area (Å²) in [6, 6.07) is 12.6. The van der Waals surface area contributed by atoms with Crippen LogP contribution in [-0.2, 0) is 9.59 Å². The molecule has 174 valence electrons. The van der Waals surface area contributed by atoms with Crippen LogP contribution in [0.1, 0.15) is 35.9 Å². The Morgan fingerprint density at radius 1 is 1.03 bits per heavy atom. The summed E-state index contributed by atoms with van der Waals surface area (Å²) in [5.74, 6) is 0.160. The predicted octanol–water partition coefficient (Wildman–Crippen LogP) is 2.89. The largest absolute Gasteiger partial charge is 0.497 e. The van der Waals surface area contributed by atoms with Crippen LogP contribution in [0.2, 0.25) is 0 Å². The van der Waals surface area contributed by atoms with Gasteiger partial charge in [-0.3, -0.25) is 14.5 Å². The molecule has 2 saturated heterocycles. The van der Waals surface area contributed by atoms with Gasteiger partial charge in [-0.15, -0.1) is 0 Å². The zero-order valence-electron chi connectivity index (χ0n) is 18.6. The molecule has 2 aromatic carbocycles. The molecule has 3 atom stereocenters. The second kappa shape index (κ2) is 8.94. The van der Waals surface area contributed by atoms with Crippen LogP contribution in [0, 0.1) is 5.92 Å². The number of amides is 1. The molecule has 0 aromatic heterocycles. The number of hydrogen-bond acceptors (Lipinski definition) is 6. The normalized spacial score (nSPS) is 24.3. The van der Waals surface area contributed by atoms with Crippen molar-refractivity contribution >= 4 is 11.9 Å². The maximum absolute atomic E-state index is 13.0. The lowest BCUT2D eigenvalue weighted by molar-refractivity contribution is -0.143. The fourth-order valence-corrected chi connectivity index (χ4v) is 5.31. The number of benzene rings is 2. The minimum absolute atomic E-state index is 0.0569. The number of methoxy groups -OCH3 is 1. The molecule has 1 amide bonds. The third-order valence-corrected chi connectivity index (χ3v) is 6.96. The summed E-state index contributed by atoms with van der Waals surface area (Å²) < 4.78 is 16.2. The monoisotopic (exact) mass is 452 g/mol. The highest BCUT2D eigenvalue weighted by molar-refractivity contribution is 5.79. The van der Waals surface area contributed by atoms with E-state index in [2.05, 4.69) is 0 Å². The molecule has 2 aromatic rings. The van der Waals surface area contributed by atoms with Gasteiger partial charge in [0.2, 0.25) is 12.7 Å². The van der Waals surface area contributed by atoms with Gasteiger partial charge < -0.3 is 24.2 Å². The summed E-state index contributed by atoms with van der Waals surface area (Å²) in [6.07, 6.45) is 2.04. The molecule has 2 fully saturated rings. The maximum atomic E-state index is 13.0. The Bertz CT molecular complexity index is 1030. The van der Waals surface area contributed by atoms with Gasteiger partial charge in [0.1, 0.15) is 5.75 Å². The molecule has 3 heterocycles. The molecule has 0 aliphatic carbocycles. The van der Waals surface area contributed by atoms with Crippen LogP contribution in [-0.4, -0.2) is 66.9 Å². The van der Waals surface area contributed by atoms with E-state index in [1.54, 1.807) is 7.11 Å². The Labute approximate surface area is 192 Å². The van der Waals surface area contributed by atoms with Gasteiger partial charge in [-0.1, -0.05) is 18.2 Å². The maximum Gasteiger partial charge on any atom is 0.309 e. The van der Waals surface area contributed by atoms with Gasteiger partial charge in [-0.05, 0) is 48.2 Å². The Hall–Kier alpha value is -3.26. The van der Waals surface area contributed by atoms with Gasteiger partial charge in [0.15, 0.2) is 11.5 Å². The Balaban J connectivity index is 1.50. The standard InChI is InChI=1S/C25H28N2O6/c1-31-18-7-4-16(5-8-18)24-23(25(29)30)19(17-6-9-20-21(12-17)33-15-32-20)13-27(24)14-22(28)26-10-2-3-11-26/h4-9,12,19,23-24H,2-3,10-11,13-15H2,1H3,(H,29,30)/t19?,23-,24+/m0/s1. The highest BCUT2D eigenvalue weighted by atomic mass is 16.7. The van der Waals surface area contributed by atoms with Gasteiger partial charge in [0.05, 0.1) is 19.6 Å². The quantitative estimate of drug-likeness (QED) is 0.721. The number of carbonyl (C=O) groups is 2. The molecule has 1 N–H and O–H groups in total. The van der Waals surface area contributed by atoms with Crippen LogP contribution in [0.25, 0.3) is 0 Å². The molecule has 3 aliphatic rings. The highest BCUT2D eigenvalue weighted by Gasteiger charge is 2.48. The van der Waals surface area contributed by atoms with E-state index >= 15 is 0 Å². The van der Waals surface area contributed by atoms with E-state index in [-0.39, 0.29) is 25.2 Å².